The van der Waals surface area contributed by atoms with Crippen LogP contribution in [0.15, 0.2) is 48.9 Å². The molecule has 3 rings (SSSR count). The van der Waals surface area contributed by atoms with Gasteiger partial charge in [0, 0.05) is 11.6 Å². The highest BCUT2D eigenvalue weighted by molar-refractivity contribution is 6.31. The molecule has 0 amide bonds. The number of anilines is 1. The van der Waals surface area contributed by atoms with Gasteiger partial charge in [0.2, 0.25) is 5.88 Å². The number of aromatic nitrogens is 3. The second-order valence-electron chi connectivity index (χ2n) is 4.89. The quantitative estimate of drug-likeness (QED) is 0.780. The number of rotatable bonds is 5. The van der Waals surface area contributed by atoms with E-state index in [9.17, 15) is 0 Å². The van der Waals surface area contributed by atoms with Gasteiger partial charge < -0.3 is 10.1 Å². The molecule has 0 aliphatic heterocycles. The number of nitrogens with one attached hydrogen (secondary N) is 1. The summed E-state index contributed by atoms with van der Waals surface area (Å²) in [5.74, 6) is 1.22. The standard InChI is InChI=1S/C16H15ClN4O/c1-11(9-22-16-13(17)6-4-8-18-16)21-15-12-5-2-3-7-14(12)19-10-20-15/h2-8,10-11H,9H2,1H3,(H,19,20,21)/t11-/m1/s1. The lowest BCUT2D eigenvalue weighted by Crippen LogP contribution is -2.24. The van der Waals surface area contributed by atoms with E-state index in [-0.39, 0.29) is 6.04 Å². The summed E-state index contributed by atoms with van der Waals surface area (Å²) < 4.78 is 5.63. The van der Waals surface area contributed by atoms with Gasteiger partial charge in [0.05, 0.1) is 11.6 Å². The van der Waals surface area contributed by atoms with Crippen LogP contribution in [0, 0.1) is 0 Å². The Labute approximate surface area is 133 Å². The second kappa shape index (κ2) is 6.58. The maximum atomic E-state index is 6.02. The van der Waals surface area contributed by atoms with E-state index >= 15 is 0 Å². The third-order valence-electron chi connectivity index (χ3n) is 3.12. The van der Waals surface area contributed by atoms with Crippen molar-refractivity contribution in [3.05, 3.63) is 53.9 Å². The summed E-state index contributed by atoms with van der Waals surface area (Å²) in [7, 11) is 0. The average molecular weight is 315 g/mol. The molecule has 0 aliphatic carbocycles. The van der Waals surface area contributed by atoms with Gasteiger partial charge in [0.1, 0.15) is 23.8 Å². The van der Waals surface area contributed by atoms with E-state index in [0.717, 1.165) is 16.7 Å². The van der Waals surface area contributed by atoms with Crippen LogP contribution < -0.4 is 10.1 Å². The first kappa shape index (κ1) is 14.5. The van der Waals surface area contributed by atoms with E-state index in [0.29, 0.717) is 17.5 Å². The highest BCUT2D eigenvalue weighted by atomic mass is 35.5. The maximum Gasteiger partial charge on any atom is 0.232 e. The fraction of sp³-hybridized carbons (Fsp3) is 0.188. The zero-order chi connectivity index (χ0) is 15.4. The Morgan fingerprint density at radius 2 is 2.00 bits per heavy atom. The summed E-state index contributed by atoms with van der Waals surface area (Å²) in [5, 5.41) is 4.81. The highest BCUT2D eigenvalue weighted by Crippen LogP contribution is 2.21. The molecule has 0 unspecified atom stereocenters. The van der Waals surface area contributed by atoms with Crippen molar-refractivity contribution in [2.75, 3.05) is 11.9 Å². The van der Waals surface area contributed by atoms with Crippen molar-refractivity contribution in [2.45, 2.75) is 13.0 Å². The summed E-state index contributed by atoms with van der Waals surface area (Å²) in [6.07, 6.45) is 3.20. The van der Waals surface area contributed by atoms with E-state index < -0.39 is 0 Å². The molecular formula is C16H15ClN4O. The van der Waals surface area contributed by atoms with Gasteiger partial charge in [-0.2, -0.15) is 0 Å². The van der Waals surface area contributed by atoms with Crippen molar-refractivity contribution in [3.63, 3.8) is 0 Å². The van der Waals surface area contributed by atoms with Crippen LogP contribution in [0.5, 0.6) is 5.88 Å². The van der Waals surface area contributed by atoms with Gasteiger partial charge >= 0.3 is 0 Å². The minimum absolute atomic E-state index is 0.0383. The van der Waals surface area contributed by atoms with Gasteiger partial charge in [-0.15, -0.1) is 0 Å². The summed E-state index contributed by atoms with van der Waals surface area (Å²) in [4.78, 5) is 12.6. The van der Waals surface area contributed by atoms with Crippen molar-refractivity contribution in [1.82, 2.24) is 15.0 Å². The largest absolute Gasteiger partial charge is 0.474 e. The first-order valence-electron chi connectivity index (χ1n) is 6.93. The van der Waals surface area contributed by atoms with Crippen LogP contribution >= 0.6 is 11.6 Å². The average Bonchev–Trinajstić information content (AvgIpc) is 2.54. The Balaban J connectivity index is 1.68. The molecule has 2 aromatic heterocycles. The van der Waals surface area contributed by atoms with Crippen LogP contribution in [-0.2, 0) is 0 Å². The molecular weight excluding hydrogens is 300 g/mol. The monoisotopic (exact) mass is 314 g/mol. The number of para-hydroxylation sites is 1. The highest BCUT2D eigenvalue weighted by Gasteiger charge is 2.09. The van der Waals surface area contributed by atoms with Gasteiger partial charge in [-0.1, -0.05) is 23.7 Å². The van der Waals surface area contributed by atoms with E-state index in [1.54, 1.807) is 24.7 Å². The lowest BCUT2D eigenvalue weighted by molar-refractivity contribution is 0.292. The molecule has 6 heteroatoms. The SMILES string of the molecule is C[C@H](COc1ncccc1Cl)Nc1ncnc2ccccc12. The number of ether oxygens (including phenoxy) is 1. The Morgan fingerprint density at radius 3 is 2.86 bits per heavy atom. The van der Waals surface area contributed by atoms with Crippen LogP contribution in [0.25, 0.3) is 10.9 Å². The Morgan fingerprint density at radius 1 is 1.14 bits per heavy atom. The molecule has 0 fully saturated rings. The molecule has 0 bridgehead atoms. The Hall–Kier alpha value is -2.40. The number of fused-ring (bicyclic) bond motifs is 1. The molecule has 0 spiro atoms. The smallest absolute Gasteiger partial charge is 0.232 e. The summed E-state index contributed by atoms with van der Waals surface area (Å²) in [6.45, 7) is 2.43. The Kier molecular flexibility index (Phi) is 4.34. The molecule has 0 aliphatic rings. The Bertz CT molecular complexity index is 775. The molecule has 3 aromatic rings. The number of benzene rings is 1. The second-order valence-corrected chi connectivity index (χ2v) is 5.29. The molecule has 0 radical (unpaired) electrons. The van der Waals surface area contributed by atoms with Crippen molar-refractivity contribution < 1.29 is 4.74 Å². The molecule has 5 nitrogen and oxygen atoms in total. The molecule has 0 saturated heterocycles. The molecule has 22 heavy (non-hydrogen) atoms. The third kappa shape index (κ3) is 3.26. The fourth-order valence-corrected chi connectivity index (χ4v) is 2.25. The first-order chi connectivity index (χ1) is 10.7. The fourth-order valence-electron chi connectivity index (χ4n) is 2.08. The zero-order valence-electron chi connectivity index (χ0n) is 12.0. The summed E-state index contributed by atoms with van der Waals surface area (Å²) >= 11 is 6.02. The number of hydrogen-bond donors (Lipinski definition) is 1. The molecule has 1 atom stereocenters. The van der Waals surface area contributed by atoms with E-state index in [2.05, 4.69) is 20.3 Å². The predicted molar refractivity (Wildman–Crippen MR) is 87.4 cm³/mol. The predicted octanol–water partition coefficient (Wildman–Crippen LogP) is 3.56. The minimum Gasteiger partial charge on any atom is -0.474 e. The van der Waals surface area contributed by atoms with E-state index in [1.807, 2.05) is 31.2 Å². The molecule has 1 aromatic carbocycles. The van der Waals surface area contributed by atoms with Crippen molar-refractivity contribution >= 4 is 28.3 Å². The van der Waals surface area contributed by atoms with Gasteiger partial charge in [-0.05, 0) is 31.2 Å². The van der Waals surface area contributed by atoms with Crippen LogP contribution in [0.2, 0.25) is 5.02 Å². The van der Waals surface area contributed by atoms with Crippen molar-refractivity contribution in [1.29, 1.82) is 0 Å². The van der Waals surface area contributed by atoms with Crippen molar-refractivity contribution in [3.8, 4) is 5.88 Å². The lowest BCUT2D eigenvalue weighted by Gasteiger charge is -2.16. The van der Waals surface area contributed by atoms with Crippen LogP contribution in [0.3, 0.4) is 0 Å². The van der Waals surface area contributed by atoms with Crippen LogP contribution in [0.1, 0.15) is 6.92 Å². The number of nitrogens with zero attached hydrogens (tertiary/aromatic N) is 3. The number of pyridine rings is 1. The third-order valence-corrected chi connectivity index (χ3v) is 3.41. The first-order valence-corrected chi connectivity index (χ1v) is 7.31. The zero-order valence-corrected chi connectivity index (χ0v) is 12.8. The van der Waals surface area contributed by atoms with Crippen LogP contribution in [-0.4, -0.2) is 27.6 Å². The normalized spacial score (nSPS) is 12.1. The van der Waals surface area contributed by atoms with Gasteiger partial charge in [-0.25, -0.2) is 15.0 Å². The van der Waals surface area contributed by atoms with E-state index in [1.165, 1.54) is 0 Å². The number of hydrogen-bond acceptors (Lipinski definition) is 5. The summed E-state index contributed by atoms with van der Waals surface area (Å²) in [5.41, 5.74) is 0.904. The summed E-state index contributed by atoms with van der Waals surface area (Å²) in [6, 6.07) is 11.4. The molecule has 0 saturated carbocycles. The molecule has 2 heterocycles. The van der Waals surface area contributed by atoms with Crippen LogP contribution in [0.4, 0.5) is 5.82 Å². The van der Waals surface area contributed by atoms with E-state index in [4.69, 9.17) is 16.3 Å². The minimum atomic E-state index is 0.0383. The molecule has 1 N–H and O–H groups in total. The lowest BCUT2D eigenvalue weighted by atomic mass is 10.2. The molecule has 112 valence electrons. The maximum absolute atomic E-state index is 6.02. The topological polar surface area (TPSA) is 59.9 Å². The van der Waals surface area contributed by atoms with Gasteiger partial charge in [0.15, 0.2) is 0 Å². The van der Waals surface area contributed by atoms with Gasteiger partial charge in [0.25, 0.3) is 0 Å². The number of halogens is 1. The van der Waals surface area contributed by atoms with Gasteiger partial charge in [-0.3, -0.25) is 0 Å². The van der Waals surface area contributed by atoms with Crippen molar-refractivity contribution in [2.24, 2.45) is 0 Å².